The Labute approximate surface area is 99.6 Å². The lowest BCUT2D eigenvalue weighted by Gasteiger charge is -2.32. The molecule has 0 aromatic rings. The molecule has 0 aliphatic carbocycles. The second kappa shape index (κ2) is 8.57. The van der Waals surface area contributed by atoms with Gasteiger partial charge in [0.1, 0.15) is 0 Å². The van der Waals surface area contributed by atoms with Crippen molar-refractivity contribution in [2.75, 3.05) is 6.54 Å². The third-order valence-corrected chi connectivity index (χ3v) is 3.60. The third-order valence-electron chi connectivity index (χ3n) is 3.60. The Bertz CT molecular complexity index is 180. The number of carbonyl (C=O) groups is 1. The van der Waals surface area contributed by atoms with Crippen LogP contribution in [0.25, 0.3) is 0 Å². The van der Waals surface area contributed by atoms with E-state index in [-0.39, 0.29) is 0 Å². The van der Waals surface area contributed by atoms with Gasteiger partial charge in [0.25, 0.3) is 0 Å². The summed E-state index contributed by atoms with van der Waals surface area (Å²) in [5.41, 5.74) is 0.298. The second-order valence-corrected chi connectivity index (χ2v) is 4.47. The summed E-state index contributed by atoms with van der Waals surface area (Å²) in [5, 5.41) is 12.1. The summed E-state index contributed by atoms with van der Waals surface area (Å²) >= 11 is 0. The molecule has 0 atom stereocenters. The number of carboxylic acids is 1. The summed E-state index contributed by atoms with van der Waals surface area (Å²) in [7, 11) is 0. The maximum absolute atomic E-state index is 10.3. The van der Waals surface area contributed by atoms with Crippen molar-refractivity contribution in [3.63, 3.8) is 0 Å². The molecule has 3 nitrogen and oxygen atoms in total. The Morgan fingerprint density at radius 3 is 2.06 bits per heavy atom. The van der Waals surface area contributed by atoms with Gasteiger partial charge in [-0.05, 0) is 38.6 Å². The first-order chi connectivity index (χ1) is 7.60. The van der Waals surface area contributed by atoms with E-state index >= 15 is 0 Å². The van der Waals surface area contributed by atoms with Gasteiger partial charge in [0.2, 0.25) is 0 Å². The van der Waals surface area contributed by atoms with Crippen molar-refractivity contribution in [2.45, 2.75) is 71.3 Å². The maximum Gasteiger partial charge on any atom is 0.303 e. The molecule has 0 aromatic carbocycles. The molecular weight excluding hydrogens is 202 g/mol. The van der Waals surface area contributed by atoms with Crippen LogP contribution in [0.2, 0.25) is 0 Å². The van der Waals surface area contributed by atoms with E-state index in [4.69, 9.17) is 5.11 Å². The molecular formula is C13H27NO2. The number of hydrogen-bond acceptors (Lipinski definition) is 2. The molecule has 0 amide bonds. The van der Waals surface area contributed by atoms with Crippen LogP contribution in [0.5, 0.6) is 0 Å². The van der Waals surface area contributed by atoms with Crippen LogP contribution in [0, 0.1) is 0 Å². The van der Waals surface area contributed by atoms with Crippen LogP contribution in [0.4, 0.5) is 0 Å². The van der Waals surface area contributed by atoms with Crippen LogP contribution in [0.1, 0.15) is 65.7 Å². The molecule has 0 rings (SSSR count). The van der Waals surface area contributed by atoms with Gasteiger partial charge in [-0.15, -0.1) is 0 Å². The number of aliphatic carboxylic acids is 1. The molecule has 2 N–H and O–H groups in total. The number of unbranched alkanes of at least 4 members (excludes halogenated alkanes) is 2. The van der Waals surface area contributed by atoms with Crippen molar-refractivity contribution in [3.05, 3.63) is 0 Å². The Balaban J connectivity index is 3.59. The Kier molecular flexibility index (Phi) is 8.26. The minimum absolute atomic E-state index is 0.298. The van der Waals surface area contributed by atoms with Crippen molar-refractivity contribution in [3.8, 4) is 0 Å². The minimum Gasteiger partial charge on any atom is -0.481 e. The van der Waals surface area contributed by atoms with Crippen molar-refractivity contribution in [2.24, 2.45) is 0 Å². The van der Waals surface area contributed by atoms with Gasteiger partial charge in [0.05, 0.1) is 0 Å². The van der Waals surface area contributed by atoms with E-state index in [0.29, 0.717) is 12.0 Å². The molecule has 0 bridgehead atoms. The smallest absolute Gasteiger partial charge is 0.303 e. The second-order valence-electron chi connectivity index (χ2n) is 4.47. The SMILES string of the molecule is CCC(CC)(CC)NCCCCCC(=O)O. The summed E-state index contributed by atoms with van der Waals surface area (Å²) < 4.78 is 0. The van der Waals surface area contributed by atoms with E-state index in [1.807, 2.05) is 0 Å². The van der Waals surface area contributed by atoms with Crippen LogP contribution in [0.3, 0.4) is 0 Å². The van der Waals surface area contributed by atoms with E-state index in [1.165, 1.54) is 0 Å². The molecule has 0 aliphatic rings. The van der Waals surface area contributed by atoms with Gasteiger partial charge in [0.15, 0.2) is 0 Å². The van der Waals surface area contributed by atoms with E-state index < -0.39 is 5.97 Å². The van der Waals surface area contributed by atoms with Crippen molar-refractivity contribution in [1.82, 2.24) is 5.32 Å². The molecule has 0 aromatic heterocycles. The third kappa shape index (κ3) is 6.11. The highest BCUT2D eigenvalue weighted by molar-refractivity contribution is 5.66. The van der Waals surface area contributed by atoms with Crippen molar-refractivity contribution < 1.29 is 9.90 Å². The van der Waals surface area contributed by atoms with Crippen molar-refractivity contribution in [1.29, 1.82) is 0 Å². The summed E-state index contributed by atoms with van der Waals surface area (Å²) in [6.45, 7) is 7.69. The summed E-state index contributed by atoms with van der Waals surface area (Å²) in [5.74, 6) is -0.682. The fourth-order valence-electron chi connectivity index (χ4n) is 2.06. The monoisotopic (exact) mass is 229 g/mol. The van der Waals surface area contributed by atoms with Crippen LogP contribution in [-0.4, -0.2) is 23.2 Å². The largest absolute Gasteiger partial charge is 0.481 e. The topological polar surface area (TPSA) is 49.3 Å². The van der Waals surface area contributed by atoms with Gasteiger partial charge in [-0.2, -0.15) is 0 Å². The number of hydrogen-bond donors (Lipinski definition) is 2. The molecule has 0 spiro atoms. The van der Waals surface area contributed by atoms with Crippen LogP contribution in [0.15, 0.2) is 0 Å². The van der Waals surface area contributed by atoms with Crippen LogP contribution >= 0.6 is 0 Å². The predicted octanol–water partition coefficient (Wildman–Crippen LogP) is 3.19. The van der Waals surface area contributed by atoms with Gasteiger partial charge >= 0.3 is 5.97 Å². The summed E-state index contributed by atoms with van der Waals surface area (Å²) in [4.78, 5) is 10.3. The number of rotatable bonds is 10. The first-order valence-electron chi connectivity index (χ1n) is 6.57. The Hall–Kier alpha value is -0.570. The minimum atomic E-state index is -0.682. The van der Waals surface area contributed by atoms with Gasteiger partial charge in [-0.1, -0.05) is 27.2 Å². The predicted molar refractivity (Wildman–Crippen MR) is 67.7 cm³/mol. The highest BCUT2D eigenvalue weighted by Gasteiger charge is 2.21. The van der Waals surface area contributed by atoms with Crippen LogP contribution in [-0.2, 0) is 4.79 Å². The van der Waals surface area contributed by atoms with Gasteiger partial charge in [-0.25, -0.2) is 0 Å². The van der Waals surface area contributed by atoms with Gasteiger partial charge < -0.3 is 10.4 Å². The maximum atomic E-state index is 10.3. The average molecular weight is 229 g/mol. The van der Waals surface area contributed by atoms with E-state index in [0.717, 1.165) is 45.1 Å². The van der Waals surface area contributed by atoms with Crippen molar-refractivity contribution >= 4 is 5.97 Å². The molecule has 3 heteroatoms. The zero-order chi connectivity index (χ0) is 12.4. The zero-order valence-corrected chi connectivity index (χ0v) is 11.0. The number of carboxylic acid groups (broad SMARTS) is 1. The number of nitrogens with one attached hydrogen (secondary N) is 1. The fourth-order valence-corrected chi connectivity index (χ4v) is 2.06. The molecule has 0 heterocycles. The Morgan fingerprint density at radius 2 is 1.62 bits per heavy atom. The van der Waals surface area contributed by atoms with E-state index in [1.54, 1.807) is 0 Å². The van der Waals surface area contributed by atoms with Crippen LogP contribution < -0.4 is 5.32 Å². The molecule has 0 saturated carbocycles. The lowest BCUT2D eigenvalue weighted by atomic mass is 9.89. The molecule has 0 unspecified atom stereocenters. The fraction of sp³-hybridized carbons (Fsp3) is 0.923. The molecule has 0 fully saturated rings. The molecule has 0 radical (unpaired) electrons. The van der Waals surface area contributed by atoms with Gasteiger partial charge in [-0.3, -0.25) is 4.79 Å². The highest BCUT2D eigenvalue weighted by Crippen LogP contribution is 2.19. The average Bonchev–Trinajstić information content (AvgIpc) is 2.29. The van der Waals surface area contributed by atoms with Gasteiger partial charge in [0, 0.05) is 12.0 Å². The normalized spacial score (nSPS) is 11.7. The lowest BCUT2D eigenvalue weighted by molar-refractivity contribution is -0.137. The summed E-state index contributed by atoms with van der Waals surface area (Å²) in [6, 6.07) is 0. The quantitative estimate of drug-likeness (QED) is 0.566. The first kappa shape index (κ1) is 15.4. The standard InChI is InChI=1S/C13H27NO2/c1-4-13(5-2,6-3)14-11-9-7-8-10-12(15)16/h14H,4-11H2,1-3H3,(H,15,16). The molecule has 96 valence electrons. The first-order valence-corrected chi connectivity index (χ1v) is 6.57. The van der Waals surface area contributed by atoms with E-state index in [2.05, 4.69) is 26.1 Å². The molecule has 16 heavy (non-hydrogen) atoms. The Morgan fingerprint density at radius 1 is 1.06 bits per heavy atom. The lowest BCUT2D eigenvalue weighted by Crippen LogP contribution is -2.44. The van der Waals surface area contributed by atoms with E-state index in [9.17, 15) is 4.79 Å². The molecule has 0 aliphatic heterocycles. The summed E-state index contributed by atoms with van der Waals surface area (Å²) in [6.07, 6.45) is 6.68. The highest BCUT2D eigenvalue weighted by atomic mass is 16.4. The zero-order valence-electron chi connectivity index (χ0n) is 11.0. The molecule has 0 saturated heterocycles.